The minimum Gasteiger partial charge on any atom is -0.359 e. The first kappa shape index (κ1) is 12.1. The first-order chi connectivity index (χ1) is 8.08. The Balaban J connectivity index is 1.94. The summed E-state index contributed by atoms with van der Waals surface area (Å²) in [5.74, 6) is 0.596. The van der Waals surface area contributed by atoms with Gasteiger partial charge in [0.15, 0.2) is 11.0 Å². The van der Waals surface area contributed by atoms with Gasteiger partial charge in [-0.05, 0) is 37.8 Å². The highest BCUT2D eigenvalue weighted by Gasteiger charge is 2.23. The van der Waals surface area contributed by atoms with E-state index >= 15 is 0 Å². The van der Waals surface area contributed by atoms with Crippen LogP contribution in [-0.4, -0.2) is 28.7 Å². The third-order valence-electron chi connectivity index (χ3n) is 2.82. The first-order valence-corrected chi connectivity index (χ1v) is 5.98. The van der Waals surface area contributed by atoms with Crippen LogP contribution in [0.15, 0.2) is 0 Å². The van der Waals surface area contributed by atoms with Crippen molar-refractivity contribution >= 4 is 23.3 Å². The number of hydrogen-bond donors (Lipinski definition) is 2. The highest BCUT2D eigenvalue weighted by Crippen LogP contribution is 2.20. The Morgan fingerprint density at radius 3 is 2.71 bits per heavy atom. The van der Waals surface area contributed by atoms with Crippen molar-refractivity contribution in [1.82, 2.24) is 15.5 Å². The highest BCUT2D eigenvalue weighted by atomic mass is 35.5. The lowest BCUT2D eigenvalue weighted by molar-refractivity contribution is -0.119. The van der Waals surface area contributed by atoms with Crippen LogP contribution in [0.4, 0.5) is 5.82 Å². The van der Waals surface area contributed by atoms with Crippen molar-refractivity contribution in [1.29, 1.82) is 0 Å². The molecule has 0 spiro atoms. The molecule has 0 aliphatic heterocycles. The Morgan fingerprint density at radius 1 is 1.35 bits per heavy atom. The van der Waals surface area contributed by atoms with Crippen LogP contribution in [-0.2, 0) is 4.79 Å². The minimum absolute atomic E-state index is 0.0127. The average molecular weight is 255 g/mol. The molecule has 2 rings (SSSR count). The van der Waals surface area contributed by atoms with Gasteiger partial charge >= 0.3 is 0 Å². The topological polar surface area (TPSA) is 66.9 Å². The number of carbonyl (C=O) groups excluding carboxylic acids is 1. The summed E-state index contributed by atoms with van der Waals surface area (Å²) in [6, 6.07) is 0.378. The Hall–Kier alpha value is -1.36. The number of nitrogens with zero attached hydrogens (tertiary/aromatic N) is 2. The maximum Gasteiger partial charge on any atom is 0.239 e. The van der Waals surface area contributed by atoms with E-state index in [0.717, 1.165) is 24.0 Å². The summed E-state index contributed by atoms with van der Waals surface area (Å²) in [5, 5.41) is 14.0. The van der Waals surface area contributed by atoms with Gasteiger partial charge in [-0.25, -0.2) is 0 Å². The van der Waals surface area contributed by atoms with Gasteiger partial charge in [0, 0.05) is 6.04 Å². The second-order valence-electron chi connectivity index (χ2n) is 4.28. The number of carbonyl (C=O) groups is 1. The van der Waals surface area contributed by atoms with Crippen molar-refractivity contribution in [3.63, 3.8) is 0 Å². The summed E-state index contributed by atoms with van der Waals surface area (Å²) in [6.45, 7) is 3.99. The molecule has 1 aromatic heterocycles. The Kier molecular flexibility index (Phi) is 3.47. The third kappa shape index (κ3) is 3.06. The molecular formula is C11H15ClN4O. The predicted molar refractivity (Wildman–Crippen MR) is 66.2 cm³/mol. The van der Waals surface area contributed by atoms with Crippen LogP contribution in [0, 0.1) is 13.8 Å². The summed E-state index contributed by atoms with van der Waals surface area (Å²) in [6.07, 6.45) is 2.18. The van der Waals surface area contributed by atoms with Crippen molar-refractivity contribution in [3.05, 3.63) is 16.3 Å². The Morgan fingerprint density at radius 2 is 2.06 bits per heavy atom. The molecule has 0 saturated heterocycles. The van der Waals surface area contributed by atoms with Gasteiger partial charge in [-0.3, -0.25) is 4.79 Å². The molecule has 1 aliphatic rings. The van der Waals surface area contributed by atoms with Gasteiger partial charge in [-0.1, -0.05) is 11.6 Å². The number of anilines is 1. The van der Waals surface area contributed by atoms with E-state index in [0.29, 0.717) is 17.0 Å². The lowest BCUT2D eigenvalue weighted by Gasteiger charge is -2.10. The molecule has 1 fully saturated rings. The van der Waals surface area contributed by atoms with E-state index in [-0.39, 0.29) is 12.5 Å². The molecule has 92 valence electrons. The van der Waals surface area contributed by atoms with Crippen LogP contribution < -0.4 is 10.6 Å². The molecule has 1 aromatic rings. The lowest BCUT2D eigenvalue weighted by atomic mass is 10.2. The van der Waals surface area contributed by atoms with Crippen LogP contribution >= 0.6 is 11.6 Å². The minimum atomic E-state index is -0.0127. The highest BCUT2D eigenvalue weighted by molar-refractivity contribution is 6.30. The normalized spacial score (nSPS) is 14.5. The predicted octanol–water partition coefficient (Wildman–Crippen LogP) is 1.44. The van der Waals surface area contributed by atoms with Crippen molar-refractivity contribution in [2.75, 3.05) is 11.9 Å². The smallest absolute Gasteiger partial charge is 0.239 e. The molecule has 0 radical (unpaired) electrons. The standard InChI is InChI=1S/C11H15ClN4O/c1-6-7(2)11(16-15-10(6)12)13-5-9(17)14-8-3-4-8/h8H,3-5H2,1-2H3,(H,13,16)(H,14,17). The molecule has 1 aliphatic carbocycles. The van der Waals surface area contributed by atoms with Gasteiger partial charge < -0.3 is 10.6 Å². The number of halogens is 1. The van der Waals surface area contributed by atoms with E-state index in [9.17, 15) is 4.79 Å². The van der Waals surface area contributed by atoms with E-state index in [2.05, 4.69) is 20.8 Å². The van der Waals surface area contributed by atoms with Crippen molar-refractivity contribution in [3.8, 4) is 0 Å². The van der Waals surface area contributed by atoms with Crippen LogP contribution in [0.2, 0.25) is 5.15 Å². The van der Waals surface area contributed by atoms with Crippen LogP contribution in [0.5, 0.6) is 0 Å². The summed E-state index contributed by atoms with van der Waals surface area (Å²) >= 11 is 5.85. The average Bonchev–Trinajstić information content (AvgIpc) is 3.09. The second kappa shape index (κ2) is 4.87. The number of rotatable bonds is 4. The van der Waals surface area contributed by atoms with Gasteiger partial charge in [-0.2, -0.15) is 0 Å². The van der Waals surface area contributed by atoms with Gasteiger partial charge in [-0.15, -0.1) is 10.2 Å². The van der Waals surface area contributed by atoms with E-state index < -0.39 is 0 Å². The number of amides is 1. The number of hydrogen-bond acceptors (Lipinski definition) is 4. The quantitative estimate of drug-likeness (QED) is 0.853. The molecule has 1 saturated carbocycles. The third-order valence-corrected chi connectivity index (χ3v) is 3.18. The molecule has 0 aromatic carbocycles. The van der Waals surface area contributed by atoms with Gasteiger partial charge in [0.1, 0.15) is 0 Å². The molecule has 2 N–H and O–H groups in total. The largest absolute Gasteiger partial charge is 0.359 e. The molecule has 6 heteroatoms. The molecule has 17 heavy (non-hydrogen) atoms. The van der Waals surface area contributed by atoms with E-state index in [1.807, 2.05) is 13.8 Å². The molecule has 0 unspecified atom stereocenters. The summed E-state index contributed by atoms with van der Waals surface area (Å²) in [5.41, 5.74) is 1.80. The molecule has 0 atom stereocenters. The number of nitrogens with one attached hydrogen (secondary N) is 2. The Bertz CT molecular complexity index is 445. The number of aromatic nitrogens is 2. The molecule has 1 amide bonds. The van der Waals surface area contributed by atoms with Crippen molar-refractivity contribution < 1.29 is 4.79 Å². The zero-order chi connectivity index (χ0) is 12.4. The SMILES string of the molecule is Cc1c(Cl)nnc(NCC(=O)NC2CC2)c1C. The fourth-order valence-electron chi connectivity index (χ4n) is 1.41. The summed E-state index contributed by atoms with van der Waals surface area (Å²) in [4.78, 5) is 11.5. The van der Waals surface area contributed by atoms with Gasteiger partial charge in [0.2, 0.25) is 5.91 Å². The zero-order valence-corrected chi connectivity index (χ0v) is 10.6. The van der Waals surface area contributed by atoms with E-state index in [1.54, 1.807) is 0 Å². The fourth-order valence-corrected chi connectivity index (χ4v) is 1.59. The van der Waals surface area contributed by atoms with E-state index in [4.69, 9.17) is 11.6 Å². The molecular weight excluding hydrogens is 240 g/mol. The fraction of sp³-hybridized carbons (Fsp3) is 0.545. The summed E-state index contributed by atoms with van der Waals surface area (Å²) < 4.78 is 0. The molecule has 1 heterocycles. The monoisotopic (exact) mass is 254 g/mol. The van der Waals surface area contributed by atoms with Crippen LogP contribution in [0.25, 0.3) is 0 Å². The van der Waals surface area contributed by atoms with Crippen LogP contribution in [0.1, 0.15) is 24.0 Å². The second-order valence-corrected chi connectivity index (χ2v) is 4.64. The molecule has 0 bridgehead atoms. The zero-order valence-electron chi connectivity index (χ0n) is 9.88. The maximum atomic E-state index is 11.5. The van der Waals surface area contributed by atoms with Crippen molar-refractivity contribution in [2.24, 2.45) is 0 Å². The summed E-state index contributed by atoms with van der Waals surface area (Å²) in [7, 11) is 0. The van der Waals surface area contributed by atoms with E-state index in [1.165, 1.54) is 0 Å². The maximum absolute atomic E-state index is 11.5. The van der Waals surface area contributed by atoms with Gasteiger partial charge in [0.05, 0.1) is 6.54 Å². The molecule has 5 nitrogen and oxygen atoms in total. The van der Waals surface area contributed by atoms with Gasteiger partial charge in [0.25, 0.3) is 0 Å². The lowest BCUT2D eigenvalue weighted by Crippen LogP contribution is -2.31. The van der Waals surface area contributed by atoms with Crippen molar-refractivity contribution in [2.45, 2.75) is 32.7 Å². The Labute approximate surface area is 105 Å². The van der Waals surface area contributed by atoms with Crippen LogP contribution in [0.3, 0.4) is 0 Å². The first-order valence-electron chi connectivity index (χ1n) is 5.60.